The second-order valence-corrected chi connectivity index (χ2v) is 5.78. The number of ether oxygens (including phenoxy) is 1. The zero-order valence-corrected chi connectivity index (χ0v) is 13.5. The van der Waals surface area contributed by atoms with Gasteiger partial charge >= 0.3 is 0 Å². The molecule has 0 spiro atoms. The van der Waals surface area contributed by atoms with Crippen molar-refractivity contribution in [3.05, 3.63) is 71.1 Å². The first kappa shape index (κ1) is 15.3. The summed E-state index contributed by atoms with van der Waals surface area (Å²) in [5.41, 5.74) is 3.62. The van der Waals surface area contributed by atoms with Gasteiger partial charge in [0.25, 0.3) is 0 Å². The fraction of sp³-hybridized carbons (Fsp3) is 0.158. The molecular weight excluding hydrogens is 276 g/mol. The summed E-state index contributed by atoms with van der Waals surface area (Å²) in [5.74, 6) is 0.889. The lowest BCUT2D eigenvalue weighted by molar-refractivity contribution is 0.413. The van der Waals surface area contributed by atoms with Gasteiger partial charge in [0.15, 0.2) is 0 Å². The zero-order valence-electron chi connectivity index (χ0n) is 12.7. The molecule has 2 aromatic carbocycles. The van der Waals surface area contributed by atoms with Gasteiger partial charge in [0.05, 0.1) is 7.11 Å². The fourth-order valence-corrected chi connectivity index (χ4v) is 3.01. The summed E-state index contributed by atoms with van der Waals surface area (Å²) in [7, 11) is 1.67. The predicted molar refractivity (Wildman–Crippen MR) is 94.4 cm³/mol. The second-order valence-electron chi connectivity index (χ2n) is 4.86. The van der Waals surface area contributed by atoms with Gasteiger partial charge in [0, 0.05) is 10.3 Å². The first-order valence-electron chi connectivity index (χ1n) is 6.85. The van der Waals surface area contributed by atoms with Gasteiger partial charge in [-0.25, -0.2) is 0 Å². The van der Waals surface area contributed by atoms with Crippen LogP contribution in [0.1, 0.15) is 16.7 Å². The molecule has 3 rings (SSSR count). The van der Waals surface area contributed by atoms with Gasteiger partial charge in [-0.15, -0.1) is 11.3 Å². The summed E-state index contributed by atoms with van der Waals surface area (Å²) < 4.78 is 6.56. The molecule has 0 aliphatic rings. The molecule has 0 N–H and O–H groups in total. The van der Waals surface area contributed by atoms with E-state index in [4.69, 9.17) is 4.74 Å². The average Bonchev–Trinajstić information content (AvgIpc) is 2.98. The van der Waals surface area contributed by atoms with Crippen LogP contribution in [0.15, 0.2) is 54.4 Å². The van der Waals surface area contributed by atoms with Crippen LogP contribution in [0.25, 0.3) is 16.2 Å². The number of rotatable bonds is 2. The minimum atomic E-state index is 0.889. The van der Waals surface area contributed by atoms with Crippen LogP contribution in [0.3, 0.4) is 0 Å². The van der Waals surface area contributed by atoms with Crippen molar-refractivity contribution in [3.63, 3.8) is 0 Å². The molecule has 3 aromatic rings. The molecule has 0 amide bonds. The predicted octanol–water partition coefficient (Wildman–Crippen LogP) is 5.86. The van der Waals surface area contributed by atoms with Gasteiger partial charge in [0.2, 0.25) is 0 Å². The van der Waals surface area contributed by atoms with Gasteiger partial charge in [-0.05, 0) is 47.9 Å². The van der Waals surface area contributed by atoms with Crippen LogP contribution >= 0.6 is 11.3 Å². The Morgan fingerprint density at radius 2 is 1.90 bits per heavy atom. The Kier molecular flexibility index (Phi) is 5.18. The third-order valence-electron chi connectivity index (χ3n) is 3.28. The molecule has 1 heterocycles. The quantitative estimate of drug-likeness (QED) is 0.576. The highest BCUT2D eigenvalue weighted by Gasteiger charge is 1.97. The Labute approximate surface area is 130 Å². The molecule has 1 nitrogen and oxygen atoms in total. The monoisotopic (exact) mass is 296 g/mol. The molecule has 0 aliphatic heterocycles. The lowest BCUT2D eigenvalue weighted by atomic mass is 10.1. The van der Waals surface area contributed by atoms with E-state index in [0.29, 0.717) is 0 Å². The smallest absolute Gasteiger partial charge is 0.126 e. The topological polar surface area (TPSA) is 9.23 Å². The molecule has 0 aliphatic carbocycles. The van der Waals surface area contributed by atoms with Crippen molar-refractivity contribution in [2.45, 2.75) is 13.8 Å². The van der Waals surface area contributed by atoms with Gasteiger partial charge in [-0.3, -0.25) is 0 Å². The van der Waals surface area contributed by atoms with Crippen molar-refractivity contribution in [1.29, 1.82) is 0 Å². The van der Waals surface area contributed by atoms with Crippen molar-refractivity contribution in [2.24, 2.45) is 0 Å². The summed E-state index contributed by atoms with van der Waals surface area (Å²) in [6.07, 6.45) is 1.79. The highest BCUT2D eigenvalue weighted by atomic mass is 32.1. The summed E-state index contributed by atoms with van der Waals surface area (Å²) in [5, 5.41) is 3.50. The minimum absolute atomic E-state index is 0.889. The number of thiophene rings is 1. The lowest BCUT2D eigenvalue weighted by Gasteiger charge is -2.04. The van der Waals surface area contributed by atoms with Crippen LogP contribution in [-0.2, 0) is 0 Å². The van der Waals surface area contributed by atoms with E-state index in [1.165, 1.54) is 21.2 Å². The van der Waals surface area contributed by atoms with Gasteiger partial charge in [0.1, 0.15) is 5.75 Å². The molecule has 21 heavy (non-hydrogen) atoms. The average molecular weight is 296 g/mol. The maximum Gasteiger partial charge on any atom is 0.126 e. The molecular formula is C19H20OS. The molecule has 1 aromatic heterocycles. The Hall–Kier alpha value is -2.06. The zero-order chi connectivity index (χ0) is 15.2. The van der Waals surface area contributed by atoms with E-state index in [0.717, 1.165) is 11.3 Å². The van der Waals surface area contributed by atoms with E-state index < -0.39 is 0 Å². The lowest BCUT2D eigenvalue weighted by Crippen LogP contribution is -1.86. The number of benzene rings is 2. The molecule has 0 bridgehead atoms. The SMILES string of the molecule is C=Cc1ccc(C)cc1OC.Cc1cccc2ccsc12. The summed E-state index contributed by atoms with van der Waals surface area (Å²) in [6.45, 7) is 7.88. The first-order valence-corrected chi connectivity index (χ1v) is 7.73. The Morgan fingerprint density at radius 1 is 1.10 bits per heavy atom. The van der Waals surface area contributed by atoms with E-state index in [1.54, 1.807) is 13.2 Å². The Bertz CT molecular complexity index is 740. The second kappa shape index (κ2) is 7.09. The maximum absolute atomic E-state index is 5.15. The highest BCUT2D eigenvalue weighted by molar-refractivity contribution is 7.17. The first-order chi connectivity index (χ1) is 10.2. The third-order valence-corrected chi connectivity index (χ3v) is 4.35. The molecule has 0 unspecified atom stereocenters. The molecule has 2 heteroatoms. The van der Waals surface area contributed by atoms with Crippen molar-refractivity contribution < 1.29 is 4.74 Å². The number of aryl methyl sites for hydroxylation is 2. The third kappa shape index (κ3) is 3.73. The van der Waals surface area contributed by atoms with E-state index in [1.807, 2.05) is 36.5 Å². The molecule has 0 saturated heterocycles. The number of methoxy groups -OCH3 is 1. The number of fused-ring (bicyclic) bond motifs is 1. The molecule has 0 fully saturated rings. The van der Waals surface area contributed by atoms with Crippen LogP contribution in [-0.4, -0.2) is 7.11 Å². The van der Waals surface area contributed by atoms with Gasteiger partial charge in [-0.1, -0.05) is 43.0 Å². The standard InChI is InChI=1S/C10H12O.C9H8S/c1-4-9-6-5-8(2)7-10(9)11-3;1-7-3-2-4-8-5-6-10-9(7)8/h4-7H,1H2,2-3H3;2-6H,1H3. The van der Waals surface area contributed by atoms with Crippen molar-refractivity contribution in [1.82, 2.24) is 0 Å². The summed E-state index contributed by atoms with van der Waals surface area (Å²) >= 11 is 1.81. The van der Waals surface area contributed by atoms with Crippen LogP contribution in [0.2, 0.25) is 0 Å². The maximum atomic E-state index is 5.15. The van der Waals surface area contributed by atoms with Crippen LogP contribution in [0.4, 0.5) is 0 Å². The largest absolute Gasteiger partial charge is 0.496 e. The van der Waals surface area contributed by atoms with E-state index in [9.17, 15) is 0 Å². The van der Waals surface area contributed by atoms with E-state index in [2.05, 4.69) is 43.1 Å². The van der Waals surface area contributed by atoms with E-state index >= 15 is 0 Å². The minimum Gasteiger partial charge on any atom is -0.496 e. The van der Waals surface area contributed by atoms with Crippen molar-refractivity contribution in [3.8, 4) is 5.75 Å². The van der Waals surface area contributed by atoms with Gasteiger partial charge < -0.3 is 4.74 Å². The van der Waals surface area contributed by atoms with E-state index in [-0.39, 0.29) is 0 Å². The molecule has 0 radical (unpaired) electrons. The fourth-order valence-electron chi connectivity index (χ4n) is 2.13. The van der Waals surface area contributed by atoms with Crippen LogP contribution in [0, 0.1) is 13.8 Å². The molecule has 0 atom stereocenters. The normalized spacial score (nSPS) is 9.86. The number of hydrogen-bond donors (Lipinski definition) is 0. The van der Waals surface area contributed by atoms with Crippen molar-refractivity contribution >= 4 is 27.5 Å². The summed E-state index contributed by atoms with van der Waals surface area (Å²) in [6, 6.07) is 14.6. The van der Waals surface area contributed by atoms with Gasteiger partial charge in [-0.2, -0.15) is 0 Å². The number of hydrogen-bond acceptors (Lipinski definition) is 2. The highest BCUT2D eigenvalue weighted by Crippen LogP contribution is 2.23. The molecule has 108 valence electrons. The van der Waals surface area contributed by atoms with Crippen LogP contribution in [0.5, 0.6) is 5.75 Å². The summed E-state index contributed by atoms with van der Waals surface area (Å²) in [4.78, 5) is 0. The Balaban J connectivity index is 0.000000154. The van der Waals surface area contributed by atoms with Crippen molar-refractivity contribution in [2.75, 3.05) is 7.11 Å². The Morgan fingerprint density at radius 3 is 2.57 bits per heavy atom. The van der Waals surface area contributed by atoms with Crippen LogP contribution < -0.4 is 4.74 Å². The molecule has 0 saturated carbocycles.